The first-order chi connectivity index (χ1) is 10.0. The Morgan fingerprint density at radius 1 is 1.24 bits per heavy atom. The molecule has 2 aliphatic rings. The lowest BCUT2D eigenvalue weighted by Crippen LogP contribution is -2.35. The van der Waals surface area contributed by atoms with Gasteiger partial charge in [0.25, 0.3) is 0 Å². The molecule has 0 aromatic heterocycles. The second-order valence-corrected chi connectivity index (χ2v) is 6.97. The van der Waals surface area contributed by atoms with Crippen molar-refractivity contribution in [1.29, 1.82) is 0 Å². The molecule has 0 saturated carbocycles. The van der Waals surface area contributed by atoms with Crippen LogP contribution in [0.4, 0.5) is 0 Å². The predicted octanol–water partition coefficient (Wildman–Crippen LogP) is 2.52. The van der Waals surface area contributed by atoms with E-state index in [4.69, 9.17) is 0 Å². The number of hydrogen-bond acceptors (Lipinski definition) is 2. The van der Waals surface area contributed by atoms with E-state index in [-0.39, 0.29) is 5.91 Å². The largest absolute Gasteiger partial charge is 0.340 e. The summed E-state index contributed by atoms with van der Waals surface area (Å²) < 4.78 is 0. The zero-order valence-corrected chi connectivity index (χ0v) is 13.4. The van der Waals surface area contributed by atoms with Crippen LogP contribution in [0.5, 0.6) is 0 Å². The van der Waals surface area contributed by atoms with E-state index in [1.807, 2.05) is 0 Å². The van der Waals surface area contributed by atoms with E-state index in [1.54, 1.807) is 0 Å². The zero-order valence-electron chi connectivity index (χ0n) is 13.4. The van der Waals surface area contributed by atoms with Crippen molar-refractivity contribution in [1.82, 2.24) is 9.80 Å². The van der Waals surface area contributed by atoms with Gasteiger partial charge in [0.1, 0.15) is 0 Å². The van der Waals surface area contributed by atoms with Crippen LogP contribution in [0.15, 0.2) is 24.3 Å². The van der Waals surface area contributed by atoms with Crippen LogP contribution in [0, 0.1) is 5.92 Å². The molecule has 3 heteroatoms. The molecule has 0 N–H and O–H groups in total. The smallest absolute Gasteiger partial charge is 0.227 e. The van der Waals surface area contributed by atoms with Crippen molar-refractivity contribution >= 4 is 5.91 Å². The fraction of sp³-hybridized carbons (Fsp3) is 0.611. The molecular weight excluding hydrogens is 260 g/mol. The van der Waals surface area contributed by atoms with E-state index in [0.717, 1.165) is 18.7 Å². The van der Waals surface area contributed by atoms with Gasteiger partial charge >= 0.3 is 0 Å². The van der Waals surface area contributed by atoms with Gasteiger partial charge in [-0.25, -0.2) is 0 Å². The van der Waals surface area contributed by atoms with Crippen LogP contribution in [0.2, 0.25) is 0 Å². The molecule has 2 saturated heterocycles. The third-order valence-electron chi connectivity index (χ3n) is 5.18. The van der Waals surface area contributed by atoms with Crippen LogP contribution in [0.1, 0.15) is 37.3 Å². The second kappa shape index (κ2) is 5.80. The van der Waals surface area contributed by atoms with E-state index in [9.17, 15) is 4.79 Å². The lowest BCUT2D eigenvalue weighted by atomic mass is 10.0. The van der Waals surface area contributed by atoms with Crippen LogP contribution in [0.3, 0.4) is 0 Å². The van der Waals surface area contributed by atoms with E-state index < -0.39 is 0 Å². The maximum Gasteiger partial charge on any atom is 0.227 e. The maximum atomic E-state index is 12.5. The summed E-state index contributed by atoms with van der Waals surface area (Å²) in [5, 5.41) is 0. The molecule has 21 heavy (non-hydrogen) atoms. The van der Waals surface area contributed by atoms with Crippen LogP contribution in [-0.2, 0) is 11.2 Å². The molecule has 2 atom stereocenters. The minimum Gasteiger partial charge on any atom is -0.340 e. The molecule has 0 bridgehead atoms. The summed E-state index contributed by atoms with van der Waals surface area (Å²) in [6, 6.07) is 9.11. The summed E-state index contributed by atoms with van der Waals surface area (Å²) >= 11 is 0. The van der Waals surface area contributed by atoms with Gasteiger partial charge in [0.2, 0.25) is 5.91 Å². The third-order valence-corrected chi connectivity index (χ3v) is 5.18. The van der Waals surface area contributed by atoms with Gasteiger partial charge in [0.05, 0.1) is 6.42 Å². The van der Waals surface area contributed by atoms with Gasteiger partial charge < -0.3 is 9.80 Å². The molecule has 2 fully saturated rings. The molecule has 0 unspecified atom stereocenters. The van der Waals surface area contributed by atoms with Crippen molar-refractivity contribution < 1.29 is 4.79 Å². The Bertz CT molecular complexity index is 508. The number of rotatable bonds is 3. The molecule has 3 nitrogen and oxygen atoms in total. The normalized spacial score (nSPS) is 25.6. The van der Waals surface area contributed by atoms with Crippen LogP contribution >= 0.6 is 0 Å². The number of hydrogen-bond donors (Lipinski definition) is 0. The first kappa shape index (κ1) is 14.6. The van der Waals surface area contributed by atoms with Crippen molar-refractivity contribution in [2.45, 2.75) is 38.6 Å². The quantitative estimate of drug-likeness (QED) is 0.852. The highest BCUT2D eigenvalue weighted by Gasteiger charge is 2.40. The Morgan fingerprint density at radius 2 is 1.95 bits per heavy atom. The number of amides is 1. The molecule has 2 aliphatic heterocycles. The standard InChI is InChI=1S/C18H26N2O/c1-13(2)15-6-4-14(5-7-15)10-18(21)20-11-16-8-9-19(3)17(16)12-20/h4-7,13,16-17H,8-12H2,1-3H3/t16-,17+/m0/s1. The fourth-order valence-corrected chi connectivity index (χ4v) is 3.68. The van der Waals surface area contributed by atoms with E-state index in [0.29, 0.717) is 24.3 Å². The Morgan fingerprint density at radius 3 is 2.57 bits per heavy atom. The molecule has 0 radical (unpaired) electrons. The average Bonchev–Trinajstić information content (AvgIpc) is 3.02. The monoisotopic (exact) mass is 286 g/mol. The summed E-state index contributed by atoms with van der Waals surface area (Å²) in [6.07, 6.45) is 1.79. The van der Waals surface area contributed by atoms with Crippen molar-refractivity contribution in [3.8, 4) is 0 Å². The zero-order chi connectivity index (χ0) is 15.0. The average molecular weight is 286 g/mol. The van der Waals surface area contributed by atoms with Gasteiger partial charge in [-0.15, -0.1) is 0 Å². The minimum atomic E-state index is 0.287. The topological polar surface area (TPSA) is 23.6 Å². The number of fused-ring (bicyclic) bond motifs is 1. The highest BCUT2D eigenvalue weighted by Crippen LogP contribution is 2.30. The first-order valence-electron chi connectivity index (χ1n) is 8.11. The second-order valence-electron chi connectivity index (χ2n) is 6.97. The Hall–Kier alpha value is -1.35. The van der Waals surface area contributed by atoms with Gasteiger partial charge in [-0.2, -0.15) is 0 Å². The summed E-state index contributed by atoms with van der Waals surface area (Å²) in [4.78, 5) is 17.0. The van der Waals surface area contributed by atoms with Gasteiger partial charge in [0, 0.05) is 19.1 Å². The van der Waals surface area contributed by atoms with E-state index in [1.165, 1.54) is 18.5 Å². The highest BCUT2D eigenvalue weighted by molar-refractivity contribution is 5.79. The number of likely N-dealkylation sites (tertiary alicyclic amines) is 2. The molecule has 1 aromatic carbocycles. The number of carbonyl (C=O) groups excluding carboxylic acids is 1. The Labute approximate surface area is 127 Å². The highest BCUT2D eigenvalue weighted by atomic mass is 16.2. The SMILES string of the molecule is CC(C)c1ccc(CC(=O)N2C[C@@H]3CCN(C)[C@@H]3C2)cc1. The predicted molar refractivity (Wildman–Crippen MR) is 85.3 cm³/mol. The number of carbonyl (C=O) groups is 1. The van der Waals surface area contributed by atoms with E-state index in [2.05, 4.69) is 55.0 Å². The van der Waals surface area contributed by atoms with Gasteiger partial charge in [-0.05, 0) is 43.0 Å². The van der Waals surface area contributed by atoms with Crippen molar-refractivity contribution in [3.05, 3.63) is 35.4 Å². The number of likely N-dealkylation sites (N-methyl/N-ethyl adjacent to an activating group) is 1. The molecule has 0 spiro atoms. The molecule has 0 aliphatic carbocycles. The lowest BCUT2D eigenvalue weighted by molar-refractivity contribution is -0.129. The lowest BCUT2D eigenvalue weighted by Gasteiger charge is -2.21. The molecule has 1 aromatic rings. The summed E-state index contributed by atoms with van der Waals surface area (Å²) in [5.41, 5.74) is 2.47. The van der Waals surface area contributed by atoms with Crippen LogP contribution in [-0.4, -0.2) is 48.4 Å². The summed E-state index contributed by atoms with van der Waals surface area (Å²) in [6.45, 7) is 7.45. The van der Waals surface area contributed by atoms with Gasteiger partial charge in [0.15, 0.2) is 0 Å². The van der Waals surface area contributed by atoms with Crippen molar-refractivity contribution in [2.75, 3.05) is 26.7 Å². The number of benzene rings is 1. The van der Waals surface area contributed by atoms with Gasteiger partial charge in [-0.1, -0.05) is 38.1 Å². The third kappa shape index (κ3) is 2.98. The van der Waals surface area contributed by atoms with Crippen molar-refractivity contribution in [2.24, 2.45) is 5.92 Å². The molecule has 3 rings (SSSR count). The fourth-order valence-electron chi connectivity index (χ4n) is 3.68. The van der Waals surface area contributed by atoms with Crippen LogP contribution in [0.25, 0.3) is 0 Å². The van der Waals surface area contributed by atoms with Crippen molar-refractivity contribution in [3.63, 3.8) is 0 Å². The summed E-state index contributed by atoms with van der Waals surface area (Å²) in [7, 11) is 2.18. The maximum absolute atomic E-state index is 12.5. The Kier molecular flexibility index (Phi) is 4.03. The Balaban J connectivity index is 1.59. The van der Waals surface area contributed by atoms with Crippen LogP contribution < -0.4 is 0 Å². The molecular formula is C18H26N2O. The molecule has 2 heterocycles. The summed E-state index contributed by atoms with van der Waals surface area (Å²) in [5.74, 6) is 1.53. The first-order valence-corrected chi connectivity index (χ1v) is 8.11. The molecule has 1 amide bonds. The molecule has 114 valence electrons. The minimum absolute atomic E-state index is 0.287. The van der Waals surface area contributed by atoms with E-state index >= 15 is 0 Å². The van der Waals surface area contributed by atoms with Gasteiger partial charge in [-0.3, -0.25) is 4.79 Å². The number of nitrogens with zero attached hydrogens (tertiary/aromatic N) is 2.